The number of rotatable bonds is 1. The summed E-state index contributed by atoms with van der Waals surface area (Å²) in [6.07, 6.45) is 1.17. The highest BCUT2D eigenvalue weighted by molar-refractivity contribution is 5.84. The van der Waals surface area contributed by atoms with E-state index in [0.29, 0.717) is 49.2 Å². The van der Waals surface area contributed by atoms with Gasteiger partial charge >= 0.3 is 12.1 Å². The lowest BCUT2D eigenvalue weighted by Gasteiger charge is -2.60. The van der Waals surface area contributed by atoms with Crippen molar-refractivity contribution in [2.45, 2.75) is 110 Å². The smallest absolute Gasteiger partial charge is 0.456 e. The first-order chi connectivity index (χ1) is 17.3. The van der Waals surface area contributed by atoms with E-state index in [-0.39, 0.29) is 40.6 Å². The van der Waals surface area contributed by atoms with Gasteiger partial charge in [0.05, 0.1) is 12.7 Å². The molecular formula is C29H41F3O5. The molecule has 6 aliphatic rings. The Hall–Kier alpha value is -1.15. The number of Topliss-reactive ketones (excluding diaryl/α,β-unsaturated/α-hetero) is 1. The quantitative estimate of drug-likeness (QED) is 0.387. The lowest BCUT2D eigenvalue weighted by Crippen LogP contribution is -2.58. The molecule has 0 N–H and O–H groups in total. The molecule has 2 saturated heterocycles. The van der Waals surface area contributed by atoms with Gasteiger partial charge in [-0.15, -0.1) is 0 Å². The zero-order valence-electron chi connectivity index (χ0n) is 22.4. The van der Waals surface area contributed by atoms with Gasteiger partial charge in [0.1, 0.15) is 11.9 Å². The van der Waals surface area contributed by atoms with Crippen LogP contribution in [0, 0.1) is 52.3 Å². The molecule has 6 fully saturated rings. The molecule has 5 nitrogen and oxygen atoms in total. The van der Waals surface area contributed by atoms with Gasteiger partial charge in [-0.2, -0.15) is 13.2 Å². The molecule has 6 rings (SSSR count). The Morgan fingerprint density at radius 1 is 1.03 bits per heavy atom. The fraction of sp³-hybridized carbons (Fsp3) is 0.931. The van der Waals surface area contributed by atoms with Crippen molar-refractivity contribution in [1.29, 1.82) is 0 Å². The third-order valence-corrected chi connectivity index (χ3v) is 12.1. The first kappa shape index (κ1) is 26.1. The largest absolute Gasteiger partial charge is 0.490 e. The molecule has 0 aromatic heterocycles. The Kier molecular flexibility index (Phi) is 5.94. The normalized spacial score (nSPS) is 53.3. The van der Waals surface area contributed by atoms with E-state index in [1.54, 1.807) is 0 Å². The summed E-state index contributed by atoms with van der Waals surface area (Å²) in [5, 5.41) is 0. The minimum Gasteiger partial charge on any atom is -0.456 e. The van der Waals surface area contributed by atoms with E-state index in [1.165, 1.54) is 0 Å². The molecule has 0 radical (unpaired) electrons. The van der Waals surface area contributed by atoms with Crippen LogP contribution in [-0.2, 0) is 23.8 Å². The predicted molar refractivity (Wildman–Crippen MR) is 128 cm³/mol. The van der Waals surface area contributed by atoms with Crippen molar-refractivity contribution in [1.82, 2.24) is 0 Å². The summed E-state index contributed by atoms with van der Waals surface area (Å²) < 4.78 is 56.3. The summed E-state index contributed by atoms with van der Waals surface area (Å²) in [5.41, 5.74) is -0.364. The van der Waals surface area contributed by atoms with Gasteiger partial charge < -0.3 is 14.2 Å². The summed E-state index contributed by atoms with van der Waals surface area (Å²) in [5.74, 6) is -0.464. The van der Waals surface area contributed by atoms with Crippen molar-refractivity contribution in [2.75, 3.05) is 6.61 Å². The first-order valence-corrected chi connectivity index (χ1v) is 14.4. The maximum absolute atomic E-state index is 14.0. The van der Waals surface area contributed by atoms with Crippen LogP contribution >= 0.6 is 0 Å². The third kappa shape index (κ3) is 3.77. The number of ether oxygens (including phenoxy) is 3. The molecule has 12 atom stereocenters. The molecule has 0 aromatic carbocycles. The van der Waals surface area contributed by atoms with E-state index >= 15 is 0 Å². The van der Waals surface area contributed by atoms with Gasteiger partial charge in [-0.25, -0.2) is 4.79 Å². The number of hydrogen-bond donors (Lipinski definition) is 0. The Morgan fingerprint density at radius 2 is 1.78 bits per heavy atom. The molecule has 1 spiro atoms. The van der Waals surface area contributed by atoms with Crippen molar-refractivity contribution in [3.05, 3.63) is 0 Å². The standard InChI is InChI=1S/C29H41F3O5/c1-15-7-10-28(35-14-15)16(2)23-22(37-28)12-20-19-6-5-17-11-18(36-25(34)29(30,31)32)8-9-26(17,3)24(19)21(33)13-27(20,23)4/h15-20,22-24H,5-14H2,1-4H3/t15?,16?,17?,18-,19?,20?,22?,23?,24?,26-,27-,28+/m0/s1. The summed E-state index contributed by atoms with van der Waals surface area (Å²) in [4.78, 5) is 25.5. The second-order valence-electron chi connectivity index (χ2n) is 13.9. The molecule has 0 aromatic rings. The van der Waals surface area contributed by atoms with Crippen LogP contribution in [0.5, 0.6) is 0 Å². The van der Waals surface area contributed by atoms with Crippen molar-refractivity contribution < 1.29 is 37.0 Å². The molecule has 4 aliphatic carbocycles. The molecular weight excluding hydrogens is 485 g/mol. The SMILES string of the molecule is CC1CC[C@@]2(OC1)OC1CC3C4CCC5C[C@@H](OC(=O)C(F)(F)F)CC[C@]5(C)C4C(=O)C[C@]3(C)C1C2C. The van der Waals surface area contributed by atoms with E-state index in [2.05, 4.69) is 27.7 Å². The molecule has 2 aliphatic heterocycles. The zero-order chi connectivity index (χ0) is 26.5. The second kappa shape index (κ2) is 8.42. The summed E-state index contributed by atoms with van der Waals surface area (Å²) in [7, 11) is 0. The molecule has 208 valence electrons. The predicted octanol–water partition coefficient (Wildman–Crippen LogP) is 6.09. The highest BCUT2D eigenvalue weighted by atomic mass is 19.4. The number of carbonyl (C=O) groups is 2. The maximum atomic E-state index is 14.0. The van der Waals surface area contributed by atoms with Gasteiger partial charge in [-0.3, -0.25) is 4.79 Å². The van der Waals surface area contributed by atoms with Crippen LogP contribution in [0.2, 0.25) is 0 Å². The average molecular weight is 527 g/mol. The number of ketones is 1. The molecule has 0 amide bonds. The van der Waals surface area contributed by atoms with Crippen LogP contribution in [0.3, 0.4) is 0 Å². The topological polar surface area (TPSA) is 61.8 Å². The Morgan fingerprint density at radius 3 is 2.46 bits per heavy atom. The van der Waals surface area contributed by atoms with Gasteiger partial charge in [0.25, 0.3) is 0 Å². The number of carbonyl (C=O) groups excluding carboxylic acids is 2. The van der Waals surface area contributed by atoms with Crippen LogP contribution in [0.4, 0.5) is 13.2 Å². The number of hydrogen-bond acceptors (Lipinski definition) is 5. The number of fused-ring (bicyclic) bond motifs is 7. The van der Waals surface area contributed by atoms with Crippen molar-refractivity contribution in [3.63, 3.8) is 0 Å². The van der Waals surface area contributed by atoms with Gasteiger partial charge in [0.2, 0.25) is 0 Å². The molecule has 2 heterocycles. The van der Waals surface area contributed by atoms with E-state index in [1.807, 2.05) is 0 Å². The average Bonchev–Trinajstić information content (AvgIpc) is 3.25. The van der Waals surface area contributed by atoms with Crippen LogP contribution in [0.25, 0.3) is 0 Å². The highest BCUT2D eigenvalue weighted by Crippen LogP contribution is 2.70. The Labute approximate surface area is 217 Å². The van der Waals surface area contributed by atoms with E-state index in [4.69, 9.17) is 14.2 Å². The maximum Gasteiger partial charge on any atom is 0.490 e. The molecule has 0 bridgehead atoms. The lowest BCUT2D eigenvalue weighted by atomic mass is 9.44. The van der Waals surface area contributed by atoms with Gasteiger partial charge in [-0.05, 0) is 85.4 Å². The Bertz CT molecular complexity index is 958. The Balaban J connectivity index is 1.20. The summed E-state index contributed by atoms with van der Waals surface area (Å²) >= 11 is 0. The molecule has 4 saturated carbocycles. The van der Waals surface area contributed by atoms with Crippen LogP contribution < -0.4 is 0 Å². The van der Waals surface area contributed by atoms with Crippen LogP contribution in [-0.4, -0.2) is 42.5 Å². The fourth-order valence-electron chi connectivity index (χ4n) is 10.4. The highest BCUT2D eigenvalue weighted by Gasteiger charge is 2.70. The van der Waals surface area contributed by atoms with Gasteiger partial charge in [0, 0.05) is 24.7 Å². The van der Waals surface area contributed by atoms with E-state index in [0.717, 1.165) is 38.7 Å². The van der Waals surface area contributed by atoms with E-state index < -0.39 is 24.0 Å². The fourth-order valence-corrected chi connectivity index (χ4v) is 10.4. The number of halogens is 3. The number of esters is 1. The summed E-state index contributed by atoms with van der Waals surface area (Å²) in [6, 6.07) is 0. The first-order valence-electron chi connectivity index (χ1n) is 14.4. The molecule has 8 unspecified atom stereocenters. The molecule has 8 heteroatoms. The monoisotopic (exact) mass is 526 g/mol. The van der Waals surface area contributed by atoms with Crippen molar-refractivity contribution >= 4 is 11.8 Å². The molecule has 37 heavy (non-hydrogen) atoms. The number of alkyl halides is 3. The van der Waals surface area contributed by atoms with E-state index in [9.17, 15) is 22.8 Å². The van der Waals surface area contributed by atoms with Gasteiger partial charge in [0.15, 0.2) is 5.79 Å². The zero-order valence-corrected chi connectivity index (χ0v) is 22.4. The minimum atomic E-state index is -4.97. The lowest BCUT2D eigenvalue weighted by molar-refractivity contribution is -0.272. The van der Waals surface area contributed by atoms with Crippen molar-refractivity contribution in [3.8, 4) is 0 Å². The summed E-state index contributed by atoms with van der Waals surface area (Å²) in [6.45, 7) is 9.72. The van der Waals surface area contributed by atoms with Gasteiger partial charge in [-0.1, -0.05) is 27.7 Å². The van der Waals surface area contributed by atoms with Crippen LogP contribution in [0.15, 0.2) is 0 Å². The minimum absolute atomic E-state index is 0.0709. The third-order valence-electron chi connectivity index (χ3n) is 12.1. The van der Waals surface area contributed by atoms with Crippen molar-refractivity contribution in [2.24, 2.45) is 52.3 Å². The van der Waals surface area contributed by atoms with Crippen LogP contribution in [0.1, 0.15) is 85.5 Å². The second-order valence-corrected chi connectivity index (χ2v) is 13.9.